The summed E-state index contributed by atoms with van der Waals surface area (Å²) in [6.07, 6.45) is 0. The molecule has 0 amide bonds. The summed E-state index contributed by atoms with van der Waals surface area (Å²) in [5.41, 5.74) is 35.1. The molecule has 3 nitrogen and oxygen atoms in total. The Morgan fingerprint density at radius 3 is 1.16 bits per heavy atom. The van der Waals surface area contributed by atoms with Crippen molar-refractivity contribution >= 4 is 56.1 Å². The fourth-order valence-corrected chi connectivity index (χ4v) is 15.8. The van der Waals surface area contributed by atoms with Crippen LogP contribution in [0.15, 0.2) is 253 Å². The largest absolute Gasteiger partial charge is 0.456 e. The third kappa shape index (κ3) is 6.96. The average molecular weight is 1090 g/mol. The monoisotopic (exact) mass is 1090 g/mol. The third-order valence-corrected chi connectivity index (χ3v) is 19.9. The first-order valence-electron chi connectivity index (χ1n) is 30.0. The van der Waals surface area contributed by atoms with Crippen molar-refractivity contribution in [2.24, 2.45) is 0 Å². The maximum absolute atomic E-state index is 6.44. The molecule has 4 aliphatic carbocycles. The molecule has 3 heteroatoms. The zero-order chi connectivity index (χ0) is 57.3. The second kappa shape index (κ2) is 17.8. The molecule has 0 atom stereocenters. The Balaban J connectivity index is 0.792. The molecule has 0 saturated carbocycles. The van der Waals surface area contributed by atoms with Crippen LogP contribution in [0.1, 0.15) is 88.9 Å². The Labute approximate surface area is 497 Å². The van der Waals surface area contributed by atoms with Crippen molar-refractivity contribution in [3.8, 4) is 55.6 Å². The smallest absolute Gasteiger partial charge is 0.135 e. The number of para-hydroxylation sites is 1. The molecular formula is C82H62N2O. The van der Waals surface area contributed by atoms with Gasteiger partial charge in [0, 0.05) is 55.7 Å². The Hall–Kier alpha value is -9.96. The number of rotatable bonds is 7. The van der Waals surface area contributed by atoms with E-state index in [2.05, 4.69) is 301 Å². The average Bonchev–Trinajstić information content (AvgIpc) is 1.53. The van der Waals surface area contributed by atoms with Crippen LogP contribution in [0, 0.1) is 20.8 Å². The molecule has 0 saturated heterocycles. The van der Waals surface area contributed by atoms with Gasteiger partial charge in [0.1, 0.15) is 11.2 Å². The SMILES string of the molecule is Cc1ccc2c(c1)C(C)(C)c1cc(N(c3ccc(-c4ccc(N(c5ccc6c(c5)C5(c7ccccc7-c7ccccc75)c5ccccc5-6)c5ccc6oc7ccccc7c6c5)cc4)c(C)c3)c3ccc4c(c3)C(C)(C)c3cc(C)ccc3-4)ccc1-2. The second-order valence-electron chi connectivity index (χ2n) is 25.4. The molecule has 85 heavy (non-hydrogen) atoms. The van der Waals surface area contributed by atoms with Crippen LogP contribution < -0.4 is 9.80 Å². The summed E-state index contributed by atoms with van der Waals surface area (Å²) in [5, 5.41) is 2.20. The Morgan fingerprint density at radius 1 is 0.271 bits per heavy atom. The van der Waals surface area contributed by atoms with Crippen molar-refractivity contribution in [3.63, 3.8) is 0 Å². The highest BCUT2D eigenvalue weighted by molar-refractivity contribution is 6.07. The summed E-state index contributed by atoms with van der Waals surface area (Å²) in [6, 6.07) is 94.0. The van der Waals surface area contributed by atoms with Gasteiger partial charge in [0.15, 0.2) is 0 Å². The van der Waals surface area contributed by atoms with E-state index >= 15 is 0 Å². The maximum Gasteiger partial charge on any atom is 0.135 e. The fraction of sp³-hybridized carbons (Fsp3) is 0.122. The number of aryl methyl sites for hydroxylation is 3. The predicted octanol–water partition coefficient (Wildman–Crippen LogP) is 22.1. The van der Waals surface area contributed by atoms with Gasteiger partial charge in [0.05, 0.1) is 5.41 Å². The van der Waals surface area contributed by atoms with Gasteiger partial charge >= 0.3 is 0 Å². The van der Waals surface area contributed by atoms with Crippen molar-refractivity contribution in [1.29, 1.82) is 0 Å². The number of nitrogens with zero attached hydrogens (tertiary/aromatic N) is 2. The molecular weight excluding hydrogens is 1030 g/mol. The van der Waals surface area contributed by atoms with Crippen molar-refractivity contribution < 1.29 is 4.42 Å². The second-order valence-corrected chi connectivity index (χ2v) is 25.4. The molecule has 0 N–H and O–H groups in total. The van der Waals surface area contributed by atoms with E-state index in [-0.39, 0.29) is 10.8 Å². The molecule has 17 rings (SSSR count). The fourth-order valence-electron chi connectivity index (χ4n) is 15.8. The van der Waals surface area contributed by atoms with Crippen molar-refractivity contribution in [3.05, 3.63) is 310 Å². The van der Waals surface area contributed by atoms with Gasteiger partial charge in [-0.3, -0.25) is 0 Å². The van der Waals surface area contributed by atoms with Crippen molar-refractivity contribution in [2.45, 2.75) is 64.7 Å². The molecule has 1 heterocycles. The van der Waals surface area contributed by atoms with Crippen molar-refractivity contribution in [1.82, 2.24) is 0 Å². The zero-order valence-corrected chi connectivity index (χ0v) is 49.0. The summed E-state index contributed by atoms with van der Waals surface area (Å²) < 4.78 is 6.44. The molecule has 0 bridgehead atoms. The number of benzene rings is 12. The lowest BCUT2D eigenvalue weighted by molar-refractivity contribution is 0.659. The van der Waals surface area contributed by atoms with Crippen LogP contribution in [0.5, 0.6) is 0 Å². The van der Waals surface area contributed by atoms with E-state index in [1.165, 1.54) is 111 Å². The number of hydrogen-bond acceptors (Lipinski definition) is 3. The van der Waals surface area contributed by atoms with E-state index in [4.69, 9.17) is 4.42 Å². The summed E-state index contributed by atoms with van der Waals surface area (Å²) >= 11 is 0. The number of hydrogen-bond donors (Lipinski definition) is 0. The van der Waals surface area contributed by atoms with Crippen molar-refractivity contribution in [2.75, 3.05) is 9.80 Å². The normalized spacial score (nSPS) is 14.6. The summed E-state index contributed by atoms with van der Waals surface area (Å²) in [7, 11) is 0. The van der Waals surface area contributed by atoms with E-state index in [0.29, 0.717) is 0 Å². The van der Waals surface area contributed by atoms with E-state index in [1.54, 1.807) is 0 Å². The predicted molar refractivity (Wildman–Crippen MR) is 354 cm³/mol. The Bertz CT molecular complexity index is 4830. The van der Waals surface area contributed by atoms with E-state index in [9.17, 15) is 0 Å². The van der Waals surface area contributed by atoms with Crippen LogP contribution in [0.4, 0.5) is 34.1 Å². The van der Waals surface area contributed by atoms with E-state index in [0.717, 1.165) is 61.6 Å². The topological polar surface area (TPSA) is 19.6 Å². The lowest BCUT2D eigenvalue weighted by Crippen LogP contribution is -2.26. The number of fused-ring (bicyclic) bond motifs is 19. The molecule has 13 aromatic rings. The summed E-state index contributed by atoms with van der Waals surface area (Å²) in [6.45, 7) is 16.2. The highest BCUT2D eigenvalue weighted by Crippen LogP contribution is 2.64. The zero-order valence-electron chi connectivity index (χ0n) is 49.0. The molecule has 0 unspecified atom stereocenters. The molecule has 406 valence electrons. The first kappa shape index (κ1) is 49.6. The van der Waals surface area contributed by atoms with Gasteiger partial charge < -0.3 is 14.2 Å². The first-order chi connectivity index (χ1) is 41.4. The van der Waals surface area contributed by atoms with Crippen LogP contribution in [0.2, 0.25) is 0 Å². The Morgan fingerprint density at radius 2 is 0.635 bits per heavy atom. The molecule has 12 aromatic carbocycles. The first-order valence-corrected chi connectivity index (χ1v) is 30.0. The summed E-state index contributed by atoms with van der Waals surface area (Å²) in [5.74, 6) is 0. The Kier molecular flexibility index (Phi) is 10.4. The number of anilines is 6. The van der Waals surface area contributed by atoms with Gasteiger partial charge in [-0.2, -0.15) is 0 Å². The minimum atomic E-state index is -0.473. The molecule has 1 spiro atoms. The van der Waals surface area contributed by atoms with E-state index in [1.807, 2.05) is 6.07 Å². The molecule has 0 radical (unpaired) electrons. The third-order valence-electron chi connectivity index (χ3n) is 19.9. The van der Waals surface area contributed by atoms with Gasteiger partial charge in [-0.05, 0) is 211 Å². The lowest BCUT2D eigenvalue weighted by Gasteiger charge is -2.32. The minimum absolute atomic E-state index is 0.150. The standard InChI is InChI=1S/C82H62N2O/c1-49-24-35-63-65-38-31-56(46-75(65)80(4,5)73(63)42-49)84(57-32-39-66-64-36-25-50(2)43-74(64)81(6,7)76(66)47-57)54-30-37-59(51(3)44-54)52-26-28-53(29-27-52)83(55-34-41-79-69(45-55)68-19-11-15-23-78(68)85-79)58-33-40-67-62-18-10-14-22-72(62)82(77(67)48-58)70-20-12-8-16-60(70)61-17-9-13-21-71(61)82/h8-48H,1-7H3. The highest BCUT2D eigenvalue weighted by Gasteiger charge is 2.52. The van der Waals surface area contributed by atoms with Crippen LogP contribution in [0.25, 0.3) is 77.6 Å². The summed E-state index contributed by atoms with van der Waals surface area (Å²) in [4.78, 5) is 4.94. The van der Waals surface area contributed by atoms with E-state index < -0.39 is 5.41 Å². The molecule has 0 fully saturated rings. The molecule has 1 aromatic heterocycles. The number of furan rings is 1. The van der Waals surface area contributed by atoms with Gasteiger partial charge in [-0.25, -0.2) is 0 Å². The van der Waals surface area contributed by atoms with Crippen LogP contribution >= 0.6 is 0 Å². The van der Waals surface area contributed by atoms with Gasteiger partial charge in [-0.15, -0.1) is 0 Å². The van der Waals surface area contributed by atoms with Gasteiger partial charge in [0.25, 0.3) is 0 Å². The van der Waals surface area contributed by atoms with Gasteiger partial charge in [-0.1, -0.05) is 203 Å². The molecule has 0 aliphatic heterocycles. The highest BCUT2D eigenvalue weighted by atomic mass is 16.3. The van der Waals surface area contributed by atoms with Crippen LogP contribution in [0.3, 0.4) is 0 Å². The molecule has 4 aliphatic rings. The quantitative estimate of drug-likeness (QED) is 0.159. The van der Waals surface area contributed by atoms with Crippen LogP contribution in [-0.2, 0) is 16.2 Å². The maximum atomic E-state index is 6.44. The minimum Gasteiger partial charge on any atom is -0.456 e. The van der Waals surface area contributed by atoms with Gasteiger partial charge in [0.2, 0.25) is 0 Å². The van der Waals surface area contributed by atoms with Crippen LogP contribution in [-0.4, -0.2) is 0 Å². The lowest BCUT2D eigenvalue weighted by atomic mass is 9.70.